The Morgan fingerprint density at radius 2 is 2.21 bits per heavy atom. The van der Waals surface area contributed by atoms with Crippen molar-refractivity contribution in [1.82, 2.24) is 4.98 Å². The Bertz CT molecular complexity index is 893. The number of quaternary nitrogens is 1. The lowest BCUT2D eigenvalue weighted by Gasteiger charge is -2.57. The first-order valence-corrected chi connectivity index (χ1v) is 10.6. The van der Waals surface area contributed by atoms with Crippen LogP contribution in [0, 0.1) is 11.8 Å². The molecule has 5 nitrogen and oxygen atoms in total. The second kappa shape index (κ2) is 8.25. The summed E-state index contributed by atoms with van der Waals surface area (Å²) in [5.74, 6) is 0.932. The summed E-state index contributed by atoms with van der Waals surface area (Å²) < 4.78 is 12.2. The summed E-state index contributed by atoms with van der Waals surface area (Å²) >= 11 is 0. The molecule has 1 aromatic heterocycles. The van der Waals surface area contributed by atoms with E-state index < -0.39 is 0 Å². The summed E-state index contributed by atoms with van der Waals surface area (Å²) in [6.07, 6.45) is 6.01. The second-order valence-electron chi connectivity index (χ2n) is 8.41. The van der Waals surface area contributed by atoms with Crippen molar-refractivity contribution in [1.29, 1.82) is 0 Å². The van der Waals surface area contributed by atoms with Crippen LogP contribution in [0.5, 0.6) is 0 Å². The molecule has 0 saturated carbocycles. The van der Waals surface area contributed by atoms with E-state index in [1.807, 2.05) is 31.3 Å². The molecule has 2 bridgehead atoms. The van der Waals surface area contributed by atoms with Crippen LogP contribution >= 0.6 is 0 Å². The Kier molecular flexibility index (Phi) is 5.70. The molecule has 5 heteroatoms. The summed E-state index contributed by atoms with van der Waals surface area (Å²) in [7, 11) is 1.79. The number of nitrogens with zero attached hydrogens (tertiary/aromatic N) is 2. The van der Waals surface area contributed by atoms with E-state index in [0.29, 0.717) is 25.0 Å². The molecule has 154 valence electrons. The molecule has 0 unspecified atom stereocenters. The quantitative estimate of drug-likeness (QED) is 0.405. The third-order valence-corrected chi connectivity index (χ3v) is 7.02. The molecule has 4 heterocycles. The SMILES string of the molecule is C=C[C@H]1C[N@+]2(CC(=O)OCC)CC[C@H]1C[C@H]2[C@@H](OC)c1ccnc2ccccc12. The average Bonchev–Trinajstić information content (AvgIpc) is 2.75. The summed E-state index contributed by atoms with van der Waals surface area (Å²) in [4.78, 5) is 17.1. The summed E-state index contributed by atoms with van der Waals surface area (Å²) in [5, 5.41) is 1.12. The number of carbonyl (C=O) groups excluding carboxylic acids is 1. The van der Waals surface area contributed by atoms with Gasteiger partial charge in [-0.1, -0.05) is 24.3 Å². The van der Waals surface area contributed by atoms with Gasteiger partial charge in [0.2, 0.25) is 0 Å². The van der Waals surface area contributed by atoms with Crippen LogP contribution in [-0.2, 0) is 14.3 Å². The van der Waals surface area contributed by atoms with E-state index in [0.717, 1.165) is 46.9 Å². The number of ether oxygens (including phenoxy) is 2. The summed E-state index contributed by atoms with van der Waals surface area (Å²) in [6.45, 7) is 8.68. The maximum absolute atomic E-state index is 12.6. The molecule has 5 rings (SSSR count). The Labute approximate surface area is 172 Å². The molecule has 29 heavy (non-hydrogen) atoms. The molecule has 3 aliphatic heterocycles. The lowest BCUT2D eigenvalue weighted by molar-refractivity contribution is -0.967. The van der Waals surface area contributed by atoms with Crippen LogP contribution in [0.3, 0.4) is 0 Å². The minimum Gasteiger partial charge on any atom is -0.462 e. The van der Waals surface area contributed by atoms with E-state index in [4.69, 9.17) is 9.47 Å². The van der Waals surface area contributed by atoms with Crippen molar-refractivity contribution in [2.24, 2.45) is 11.8 Å². The van der Waals surface area contributed by atoms with Crippen molar-refractivity contribution in [3.05, 3.63) is 54.7 Å². The highest BCUT2D eigenvalue weighted by Crippen LogP contribution is 2.47. The third-order valence-electron chi connectivity index (χ3n) is 7.02. The van der Waals surface area contributed by atoms with Gasteiger partial charge in [-0.3, -0.25) is 4.98 Å². The van der Waals surface area contributed by atoms with Gasteiger partial charge in [0.15, 0.2) is 6.54 Å². The summed E-state index contributed by atoms with van der Waals surface area (Å²) in [6, 6.07) is 10.5. The van der Waals surface area contributed by atoms with Gasteiger partial charge in [-0.15, -0.1) is 6.58 Å². The maximum Gasteiger partial charge on any atom is 0.361 e. The van der Waals surface area contributed by atoms with Crippen molar-refractivity contribution < 1.29 is 18.8 Å². The molecule has 1 aromatic carbocycles. The van der Waals surface area contributed by atoms with Crippen molar-refractivity contribution in [3.8, 4) is 0 Å². The Balaban J connectivity index is 1.75. The van der Waals surface area contributed by atoms with Crippen LogP contribution in [0.1, 0.15) is 31.4 Å². The number of aromatic nitrogens is 1. The molecular formula is C24H31N2O3+. The van der Waals surface area contributed by atoms with Crippen LogP contribution < -0.4 is 0 Å². The molecule has 3 aliphatic rings. The van der Waals surface area contributed by atoms with Gasteiger partial charge in [-0.05, 0) is 30.5 Å². The van der Waals surface area contributed by atoms with E-state index in [2.05, 4.69) is 29.8 Å². The second-order valence-corrected chi connectivity index (χ2v) is 8.41. The monoisotopic (exact) mass is 395 g/mol. The molecule has 0 radical (unpaired) electrons. The first-order chi connectivity index (χ1) is 14.1. The smallest absolute Gasteiger partial charge is 0.361 e. The molecule has 0 N–H and O–H groups in total. The number of para-hydroxylation sites is 1. The first-order valence-electron chi connectivity index (χ1n) is 10.6. The van der Waals surface area contributed by atoms with E-state index in [1.54, 1.807) is 7.11 Å². The number of esters is 1. The number of hydrogen-bond donors (Lipinski definition) is 0. The number of rotatable bonds is 7. The number of benzene rings is 1. The molecule has 3 fully saturated rings. The van der Waals surface area contributed by atoms with Gasteiger partial charge in [0.1, 0.15) is 12.1 Å². The average molecular weight is 396 g/mol. The Hall–Kier alpha value is -2.24. The lowest BCUT2D eigenvalue weighted by Crippen LogP contribution is -2.69. The van der Waals surface area contributed by atoms with E-state index in [1.165, 1.54) is 0 Å². The molecule has 0 amide bonds. The van der Waals surface area contributed by atoms with E-state index >= 15 is 0 Å². The maximum atomic E-state index is 12.6. The van der Waals surface area contributed by atoms with E-state index in [-0.39, 0.29) is 18.1 Å². The Morgan fingerprint density at radius 1 is 1.38 bits per heavy atom. The minimum absolute atomic E-state index is 0.0918. The highest BCUT2D eigenvalue weighted by Gasteiger charge is 2.55. The van der Waals surface area contributed by atoms with Gasteiger partial charge in [0, 0.05) is 37.5 Å². The minimum atomic E-state index is -0.116. The normalized spacial score (nSPS) is 29.5. The predicted octanol–water partition coefficient (Wildman–Crippen LogP) is 3.90. The standard InChI is InChI=1S/C24H31N2O3/c1-4-17-15-26(16-23(27)29-5-2)13-11-18(17)14-22(26)24(28-3)20-10-12-25-21-9-7-6-8-19(20)21/h4,6-10,12,17-18,22,24H,1,5,11,13-16H2,2-3H3/q+1/t17-,18-,22-,24-,26-/m0/s1. The first kappa shape index (κ1) is 20.0. The van der Waals surface area contributed by atoms with Crippen LogP contribution in [0.4, 0.5) is 0 Å². The van der Waals surface area contributed by atoms with Gasteiger partial charge < -0.3 is 14.0 Å². The highest BCUT2D eigenvalue weighted by atomic mass is 16.5. The number of carbonyl (C=O) groups is 1. The lowest BCUT2D eigenvalue weighted by atomic mass is 9.71. The number of fused-ring (bicyclic) bond motifs is 4. The van der Waals surface area contributed by atoms with Crippen molar-refractivity contribution >= 4 is 16.9 Å². The fourth-order valence-corrected chi connectivity index (χ4v) is 5.68. The van der Waals surface area contributed by atoms with Crippen LogP contribution in [-0.4, -0.2) is 54.8 Å². The van der Waals surface area contributed by atoms with Gasteiger partial charge in [0.05, 0.1) is 25.2 Å². The van der Waals surface area contributed by atoms with Crippen molar-refractivity contribution in [3.63, 3.8) is 0 Å². The predicted molar refractivity (Wildman–Crippen MR) is 113 cm³/mol. The molecular weight excluding hydrogens is 364 g/mol. The summed E-state index contributed by atoms with van der Waals surface area (Å²) in [5.41, 5.74) is 2.14. The highest BCUT2D eigenvalue weighted by molar-refractivity contribution is 5.82. The van der Waals surface area contributed by atoms with Crippen LogP contribution in [0.2, 0.25) is 0 Å². The number of pyridine rings is 1. The molecule has 0 spiro atoms. The molecule has 2 aromatic rings. The number of methoxy groups -OCH3 is 1. The van der Waals surface area contributed by atoms with Gasteiger partial charge in [-0.2, -0.15) is 0 Å². The van der Waals surface area contributed by atoms with Gasteiger partial charge >= 0.3 is 5.97 Å². The van der Waals surface area contributed by atoms with Crippen molar-refractivity contribution in [2.75, 3.05) is 33.4 Å². The molecule has 0 aliphatic carbocycles. The van der Waals surface area contributed by atoms with Crippen LogP contribution in [0.25, 0.3) is 10.9 Å². The van der Waals surface area contributed by atoms with Crippen LogP contribution in [0.15, 0.2) is 49.2 Å². The van der Waals surface area contributed by atoms with Crippen molar-refractivity contribution in [2.45, 2.75) is 31.9 Å². The fraction of sp³-hybridized carbons (Fsp3) is 0.500. The van der Waals surface area contributed by atoms with E-state index in [9.17, 15) is 4.79 Å². The topological polar surface area (TPSA) is 48.4 Å². The molecule has 3 saturated heterocycles. The number of hydrogen-bond acceptors (Lipinski definition) is 4. The fourth-order valence-electron chi connectivity index (χ4n) is 5.68. The zero-order chi connectivity index (χ0) is 20.4. The Morgan fingerprint density at radius 3 is 2.97 bits per heavy atom. The largest absolute Gasteiger partial charge is 0.462 e. The van der Waals surface area contributed by atoms with Gasteiger partial charge in [0.25, 0.3) is 0 Å². The molecule has 5 atom stereocenters. The third kappa shape index (κ3) is 3.58. The number of piperidine rings is 3. The zero-order valence-electron chi connectivity index (χ0n) is 17.4. The zero-order valence-corrected chi connectivity index (χ0v) is 17.4. The van der Waals surface area contributed by atoms with Gasteiger partial charge in [-0.25, -0.2) is 4.79 Å².